The van der Waals surface area contributed by atoms with Crippen molar-refractivity contribution in [2.24, 2.45) is 11.8 Å². The highest BCUT2D eigenvalue weighted by atomic mass is 16.5. The summed E-state index contributed by atoms with van der Waals surface area (Å²) in [5, 5.41) is 14.7. The van der Waals surface area contributed by atoms with Crippen LogP contribution >= 0.6 is 0 Å². The second-order valence-electron chi connectivity index (χ2n) is 7.56. The zero-order chi connectivity index (χ0) is 19.8. The standard InChI is InChI=1S/C21H22N6O2/c1-29-18-8-4-14(5-9-18)20-19-11-22-10-16(19)12-26(20)21(28)15-2-6-17(7-3-15)27-13-23-24-25-27/h2-9,13,16,19-20,22H,10-12H2,1H3/t16-,19-,20-/m0/s1. The number of tetrazole rings is 1. The Hall–Kier alpha value is -3.26. The number of rotatable bonds is 4. The Morgan fingerprint density at radius 3 is 2.59 bits per heavy atom. The molecule has 8 nitrogen and oxygen atoms in total. The average Bonchev–Trinajstić information content (AvgIpc) is 3.51. The van der Waals surface area contributed by atoms with Crippen molar-refractivity contribution >= 4 is 5.91 Å². The monoisotopic (exact) mass is 390 g/mol. The Kier molecular flexibility index (Phi) is 4.48. The van der Waals surface area contributed by atoms with Crippen LogP contribution < -0.4 is 10.1 Å². The van der Waals surface area contributed by atoms with Gasteiger partial charge in [0.25, 0.3) is 5.91 Å². The number of likely N-dealkylation sites (tertiary alicyclic amines) is 1. The van der Waals surface area contributed by atoms with Crippen LogP contribution in [-0.4, -0.2) is 57.8 Å². The van der Waals surface area contributed by atoms with E-state index in [1.807, 2.05) is 41.3 Å². The zero-order valence-corrected chi connectivity index (χ0v) is 16.1. The van der Waals surface area contributed by atoms with Crippen LogP contribution in [0.25, 0.3) is 5.69 Å². The first kappa shape index (κ1) is 17.8. The van der Waals surface area contributed by atoms with E-state index in [4.69, 9.17) is 4.74 Å². The number of hydrogen-bond acceptors (Lipinski definition) is 6. The molecule has 0 radical (unpaired) electrons. The van der Waals surface area contributed by atoms with Gasteiger partial charge in [-0.25, -0.2) is 4.68 Å². The number of carbonyl (C=O) groups is 1. The Morgan fingerprint density at radius 1 is 1.10 bits per heavy atom. The van der Waals surface area contributed by atoms with Gasteiger partial charge in [0, 0.05) is 31.1 Å². The fourth-order valence-corrected chi connectivity index (χ4v) is 4.56. The molecule has 2 aliphatic rings. The van der Waals surface area contributed by atoms with E-state index >= 15 is 0 Å². The molecule has 1 amide bonds. The van der Waals surface area contributed by atoms with Gasteiger partial charge in [-0.3, -0.25) is 4.79 Å². The second-order valence-corrected chi connectivity index (χ2v) is 7.56. The SMILES string of the molecule is COc1ccc([C@H]2[C@H]3CNC[C@H]3CN2C(=O)c2ccc(-n3cnnn3)cc2)cc1. The van der Waals surface area contributed by atoms with Crippen molar-refractivity contribution in [2.45, 2.75) is 6.04 Å². The molecule has 8 heteroatoms. The molecule has 5 rings (SSSR count). The minimum atomic E-state index is 0.0588. The molecule has 3 aromatic rings. The maximum Gasteiger partial charge on any atom is 0.254 e. The third-order valence-electron chi connectivity index (χ3n) is 6.01. The Labute approximate surface area is 168 Å². The highest BCUT2D eigenvalue weighted by molar-refractivity contribution is 5.95. The van der Waals surface area contributed by atoms with Crippen LogP contribution in [0, 0.1) is 11.8 Å². The summed E-state index contributed by atoms with van der Waals surface area (Å²) in [6.07, 6.45) is 1.53. The highest BCUT2D eigenvalue weighted by Gasteiger charge is 2.46. The molecule has 2 saturated heterocycles. The van der Waals surface area contributed by atoms with Crippen molar-refractivity contribution in [2.75, 3.05) is 26.7 Å². The highest BCUT2D eigenvalue weighted by Crippen LogP contribution is 2.43. The molecule has 0 saturated carbocycles. The van der Waals surface area contributed by atoms with E-state index < -0.39 is 0 Å². The van der Waals surface area contributed by atoms with Crippen molar-refractivity contribution in [3.63, 3.8) is 0 Å². The predicted octanol–water partition coefficient (Wildman–Crippen LogP) is 1.70. The van der Waals surface area contributed by atoms with Gasteiger partial charge in [0.1, 0.15) is 12.1 Å². The van der Waals surface area contributed by atoms with Crippen molar-refractivity contribution in [1.82, 2.24) is 30.4 Å². The minimum absolute atomic E-state index is 0.0588. The van der Waals surface area contributed by atoms with Gasteiger partial charge < -0.3 is 15.0 Å². The molecule has 0 aliphatic carbocycles. The van der Waals surface area contributed by atoms with Gasteiger partial charge >= 0.3 is 0 Å². The van der Waals surface area contributed by atoms with E-state index in [1.54, 1.807) is 11.8 Å². The summed E-state index contributed by atoms with van der Waals surface area (Å²) in [5.74, 6) is 1.78. The summed E-state index contributed by atoms with van der Waals surface area (Å²) in [5.41, 5.74) is 2.65. The molecule has 2 fully saturated rings. The lowest BCUT2D eigenvalue weighted by Crippen LogP contribution is -2.34. The first-order valence-corrected chi connectivity index (χ1v) is 9.73. The number of nitrogens with one attached hydrogen (secondary N) is 1. The summed E-state index contributed by atoms with van der Waals surface area (Å²) < 4.78 is 6.86. The second kappa shape index (κ2) is 7.29. The number of benzene rings is 2. The summed E-state index contributed by atoms with van der Waals surface area (Å²) >= 11 is 0. The number of amides is 1. The van der Waals surface area contributed by atoms with Gasteiger partial charge in [-0.15, -0.1) is 5.10 Å². The van der Waals surface area contributed by atoms with Crippen LogP contribution in [0.4, 0.5) is 0 Å². The lowest BCUT2D eigenvalue weighted by atomic mass is 9.89. The molecule has 29 heavy (non-hydrogen) atoms. The zero-order valence-electron chi connectivity index (χ0n) is 16.1. The molecule has 1 aromatic heterocycles. The van der Waals surface area contributed by atoms with E-state index in [2.05, 4.69) is 33.0 Å². The third-order valence-corrected chi connectivity index (χ3v) is 6.01. The maximum absolute atomic E-state index is 13.4. The Bertz CT molecular complexity index is 987. The molecule has 3 heterocycles. The molecular formula is C21H22N6O2. The van der Waals surface area contributed by atoms with Crippen LogP contribution in [-0.2, 0) is 0 Å². The Morgan fingerprint density at radius 2 is 1.90 bits per heavy atom. The van der Waals surface area contributed by atoms with Crippen molar-refractivity contribution in [1.29, 1.82) is 0 Å². The normalized spacial score (nSPS) is 23.2. The Balaban J connectivity index is 1.43. The lowest BCUT2D eigenvalue weighted by molar-refractivity contribution is 0.0714. The molecule has 2 aromatic carbocycles. The molecule has 3 atom stereocenters. The fraction of sp³-hybridized carbons (Fsp3) is 0.333. The van der Waals surface area contributed by atoms with E-state index in [9.17, 15) is 4.79 Å². The first-order chi connectivity index (χ1) is 14.2. The quantitative estimate of drug-likeness (QED) is 0.730. The summed E-state index contributed by atoms with van der Waals surface area (Å²) in [6.45, 7) is 2.66. The number of methoxy groups -OCH3 is 1. The van der Waals surface area contributed by atoms with Gasteiger partial charge in [-0.2, -0.15) is 0 Å². The molecule has 2 aliphatic heterocycles. The lowest BCUT2D eigenvalue weighted by Gasteiger charge is -2.28. The average molecular weight is 390 g/mol. The van der Waals surface area contributed by atoms with Gasteiger partial charge in [0.2, 0.25) is 0 Å². The van der Waals surface area contributed by atoms with Crippen LogP contribution in [0.2, 0.25) is 0 Å². The molecular weight excluding hydrogens is 368 g/mol. The number of nitrogens with zero attached hydrogens (tertiary/aromatic N) is 5. The van der Waals surface area contributed by atoms with Crippen molar-refractivity contribution in [3.8, 4) is 11.4 Å². The molecule has 1 N–H and O–H groups in total. The van der Waals surface area contributed by atoms with Crippen molar-refractivity contribution in [3.05, 3.63) is 66.0 Å². The summed E-state index contributed by atoms with van der Waals surface area (Å²) in [4.78, 5) is 15.4. The summed E-state index contributed by atoms with van der Waals surface area (Å²) in [7, 11) is 1.66. The van der Waals surface area contributed by atoms with Crippen LogP contribution in [0.5, 0.6) is 5.75 Å². The smallest absolute Gasteiger partial charge is 0.254 e. The summed E-state index contributed by atoms with van der Waals surface area (Å²) in [6, 6.07) is 15.6. The van der Waals surface area contributed by atoms with Crippen LogP contribution in [0.15, 0.2) is 54.9 Å². The van der Waals surface area contributed by atoms with E-state index in [0.717, 1.165) is 36.6 Å². The van der Waals surface area contributed by atoms with Crippen LogP contribution in [0.1, 0.15) is 22.0 Å². The maximum atomic E-state index is 13.4. The minimum Gasteiger partial charge on any atom is -0.497 e. The van der Waals surface area contributed by atoms with Gasteiger partial charge in [0.15, 0.2) is 0 Å². The van der Waals surface area contributed by atoms with E-state index in [1.165, 1.54) is 6.33 Å². The topological polar surface area (TPSA) is 85.2 Å². The molecule has 0 spiro atoms. The largest absolute Gasteiger partial charge is 0.497 e. The number of carbonyl (C=O) groups excluding carboxylic acids is 1. The third kappa shape index (κ3) is 3.15. The van der Waals surface area contributed by atoms with Crippen molar-refractivity contribution < 1.29 is 9.53 Å². The molecule has 148 valence electrons. The fourth-order valence-electron chi connectivity index (χ4n) is 4.56. The number of ether oxygens (including phenoxy) is 1. The molecule has 0 bridgehead atoms. The number of hydrogen-bond donors (Lipinski definition) is 1. The molecule has 0 unspecified atom stereocenters. The number of fused-ring (bicyclic) bond motifs is 1. The van der Waals surface area contributed by atoms with E-state index in [0.29, 0.717) is 17.4 Å². The van der Waals surface area contributed by atoms with E-state index in [-0.39, 0.29) is 11.9 Å². The van der Waals surface area contributed by atoms with Gasteiger partial charge in [-0.05, 0) is 58.3 Å². The van der Waals surface area contributed by atoms with Crippen LogP contribution in [0.3, 0.4) is 0 Å². The van der Waals surface area contributed by atoms with Gasteiger partial charge in [-0.1, -0.05) is 12.1 Å². The first-order valence-electron chi connectivity index (χ1n) is 9.73. The number of aromatic nitrogens is 4. The predicted molar refractivity (Wildman–Crippen MR) is 106 cm³/mol. The van der Waals surface area contributed by atoms with Gasteiger partial charge in [0.05, 0.1) is 18.8 Å².